The number of halogens is 3. The average molecular weight is 453 g/mol. The number of rotatable bonds is 7. The van der Waals surface area contributed by atoms with Crippen molar-refractivity contribution in [1.29, 1.82) is 0 Å². The summed E-state index contributed by atoms with van der Waals surface area (Å²) in [4.78, 5) is 21.0. The van der Waals surface area contributed by atoms with E-state index in [1.54, 1.807) is 23.1 Å². The molecule has 0 spiro atoms. The van der Waals surface area contributed by atoms with Gasteiger partial charge in [0.15, 0.2) is 0 Å². The second kappa shape index (κ2) is 9.94. The van der Waals surface area contributed by atoms with E-state index < -0.39 is 5.67 Å². The third-order valence-electron chi connectivity index (χ3n) is 5.52. The van der Waals surface area contributed by atoms with E-state index in [1.807, 2.05) is 25.2 Å². The Balaban J connectivity index is 1.50. The molecule has 0 radical (unpaired) electrons. The first-order valence-corrected chi connectivity index (χ1v) is 10.9. The van der Waals surface area contributed by atoms with Gasteiger partial charge in [-0.3, -0.25) is 4.79 Å². The Labute approximate surface area is 187 Å². The molecule has 3 rings (SSSR count). The topological polar surface area (TPSA) is 48.5 Å². The lowest BCUT2D eigenvalue weighted by atomic mass is 9.92. The molecule has 30 heavy (non-hydrogen) atoms. The van der Waals surface area contributed by atoms with Gasteiger partial charge in [0.2, 0.25) is 0 Å². The van der Waals surface area contributed by atoms with Gasteiger partial charge in [0.05, 0.1) is 15.7 Å². The maximum absolute atomic E-state index is 15.2. The second-order valence-corrected chi connectivity index (χ2v) is 8.49. The van der Waals surface area contributed by atoms with Crippen LogP contribution in [0.2, 0.25) is 10.0 Å². The standard InChI is InChI=1S/C22H27Cl2FN4O/c1-3-28(2)20-6-4-5-17(27-20)14-26-15-22(25)9-11-29(12-10-22)21(30)16-7-8-18(23)19(24)13-16/h4-8,13,26H,3,9-12,14-15H2,1-2H3. The van der Waals surface area contributed by atoms with Gasteiger partial charge in [0.25, 0.3) is 5.91 Å². The van der Waals surface area contributed by atoms with Crippen molar-refractivity contribution in [2.75, 3.05) is 38.1 Å². The summed E-state index contributed by atoms with van der Waals surface area (Å²) in [7, 11) is 1.99. The highest BCUT2D eigenvalue weighted by Gasteiger charge is 2.35. The Morgan fingerprint density at radius 1 is 1.23 bits per heavy atom. The number of benzene rings is 1. The predicted octanol–water partition coefficient (Wildman–Crippen LogP) is 4.58. The zero-order valence-electron chi connectivity index (χ0n) is 17.3. The molecule has 1 aliphatic rings. The Hall–Kier alpha value is -1.89. The fraction of sp³-hybridized carbons (Fsp3) is 0.455. The number of carbonyl (C=O) groups excluding carboxylic acids is 1. The summed E-state index contributed by atoms with van der Waals surface area (Å²) in [6.07, 6.45) is 0.582. The molecule has 1 fully saturated rings. The van der Waals surface area contributed by atoms with Gasteiger partial charge >= 0.3 is 0 Å². The van der Waals surface area contributed by atoms with Crippen molar-refractivity contribution >= 4 is 34.9 Å². The number of anilines is 1. The molecule has 1 aliphatic heterocycles. The minimum Gasteiger partial charge on any atom is -0.360 e. The van der Waals surface area contributed by atoms with Crippen LogP contribution in [0.5, 0.6) is 0 Å². The van der Waals surface area contributed by atoms with E-state index in [9.17, 15) is 4.79 Å². The van der Waals surface area contributed by atoms with Crippen LogP contribution < -0.4 is 10.2 Å². The van der Waals surface area contributed by atoms with Gasteiger partial charge in [-0.05, 0) is 37.3 Å². The molecule has 8 heteroatoms. The number of nitrogens with one attached hydrogen (secondary N) is 1. The maximum Gasteiger partial charge on any atom is 0.253 e. The zero-order chi connectivity index (χ0) is 21.7. The largest absolute Gasteiger partial charge is 0.360 e. The van der Waals surface area contributed by atoms with E-state index in [0.717, 1.165) is 18.1 Å². The molecule has 1 N–H and O–H groups in total. The quantitative estimate of drug-likeness (QED) is 0.667. The summed E-state index contributed by atoms with van der Waals surface area (Å²) in [6.45, 7) is 4.41. The van der Waals surface area contributed by atoms with Gasteiger partial charge in [0.1, 0.15) is 11.5 Å². The highest BCUT2D eigenvalue weighted by molar-refractivity contribution is 6.42. The van der Waals surface area contributed by atoms with Crippen molar-refractivity contribution < 1.29 is 9.18 Å². The predicted molar refractivity (Wildman–Crippen MR) is 120 cm³/mol. The van der Waals surface area contributed by atoms with E-state index in [0.29, 0.717) is 48.1 Å². The minimum absolute atomic E-state index is 0.148. The molecule has 0 bridgehead atoms. The molecule has 0 unspecified atom stereocenters. The first-order valence-electron chi connectivity index (χ1n) is 10.1. The van der Waals surface area contributed by atoms with E-state index >= 15 is 4.39 Å². The number of likely N-dealkylation sites (tertiary alicyclic amines) is 1. The van der Waals surface area contributed by atoms with Crippen molar-refractivity contribution in [2.24, 2.45) is 0 Å². The van der Waals surface area contributed by atoms with Gasteiger partial charge in [-0.2, -0.15) is 0 Å². The van der Waals surface area contributed by atoms with Crippen molar-refractivity contribution in [1.82, 2.24) is 15.2 Å². The molecule has 2 aromatic rings. The first kappa shape index (κ1) is 22.8. The normalized spacial score (nSPS) is 15.8. The Bertz CT molecular complexity index is 887. The van der Waals surface area contributed by atoms with Gasteiger partial charge in [-0.1, -0.05) is 29.3 Å². The summed E-state index contributed by atoms with van der Waals surface area (Å²) in [6, 6.07) is 10.7. The number of hydrogen-bond acceptors (Lipinski definition) is 4. The highest BCUT2D eigenvalue weighted by Crippen LogP contribution is 2.28. The molecule has 0 atom stereocenters. The zero-order valence-corrected chi connectivity index (χ0v) is 18.8. The number of nitrogens with zero attached hydrogens (tertiary/aromatic N) is 3. The number of amides is 1. The number of carbonyl (C=O) groups is 1. The molecule has 2 heterocycles. The third kappa shape index (κ3) is 5.62. The van der Waals surface area contributed by atoms with Crippen molar-refractivity contribution in [3.63, 3.8) is 0 Å². The number of aromatic nitrogens is 1. The van der Waals surface area contributed by atoms with E-state index in [2.05, 4.69) is 22.1 Å². The second-order valence-electron chi connectivity index (χ2n) is 7.68. The Morgan fingerprint density at radius 2 is 1.97 bits per heavy atom. The fourth-order valence-corrected chi connectivity index (χ4v) is 3.75. The van der Waals surface area contributed by atoms with Crippen LogP contribution >= 0.6 is 23.2 Å². The summed E-state index contributed by atoms with van der Waals surface area (Å²) in [5.41, 5.74) is 0.00667. The molecule has 1 aromatic heterocycles. The fourth-order valence-electron chi connectivity index (χ4n) is 3.45. The molecule has 5 nitrogen and oxygen atoms in total. The summed E-state index contributed by atoms with van der Waals surface area (Å²) < 4.78 is 15.2. The van der Waals surface area contributed by atoms with Crippen molar-refractivity contribution in [3.05, 3.63) is 57.7 Å². The monoisotopic (exact) mass is 452 g/mol. The maximum atomic E-state index is 15.2. The van der Waals surface area contributed by atoms with Crippen LogP contribution in [0.4, 0.5) is 10.2 Å². The van der Waals surface area contributed by atoms with Crippen LogP contribution in [0.25, 0.3) is 0 Å². The van der Waals surface area contributed by atoms with E-state index in [-0.39, 0.29) is 12.5 Å². The molecular weight excluding hydrogens is 426 g/mol. The number of piperidine rings is 1. The number of pyridine rings is 1. The number of alkyl halides is 1. The average Bonchev–Trinajstić information content (AvgIpc) is 2.75. The lowest BCUT2D eigenvalue weighted by molar-refractivity contribution is 0.0434. The third-order valence-corrected chi connectivity index (χ3v) is 6.26. The molecule has 1 saturated heterocycles. The minimum atomic E-state index is -1.34. The molecular formula is C22H27Cl2FN4O. The molecule has 1 aromatic carbocycles. The SMILES string of the molecule is CCN(C)c1cccc(CNCC2(F)CCN(C(=O)c3ccc(Cl)c(Cl)c3)CC2)n1. The first-order chi connectivity index (χ1) is 14.3. The van der Waals surface area contributed by atoms with Crippen LogP contribution in [0.15, 0.2) is 36.4 Å². The summed E-state index contributed by atoms with van der Waals surface area (Å²) in [5.74, 6) is 0.755. The van der Waals surface area contributed by atoms with Crippen LogP contribution in [0.1, 0.15) is 35.8 Å². The lowest BCUT2D eigenvalue weighted by Crippen LogP contribution is -2.48. The van der Waals surface area contributed by atoms with Crippen molar-refractivity contribution in [2.45, 2.75) is 32.0 Å². The summed E-state index contributed by atoms with van der Waals surface area (Å²) >= 11 is 11.9. The number of hydrogen-bond donors (Lipinski definition) is 1. The van der Waals surface area contributed by atoms with Crippen LogP contribution in [-0.2, 0) is 6.54 Å². The highest BCUT2D eigenvalue weighted by atomic mass is 35.5. The molecule has 0 saturated carbocycles. The summed E-state index contributed by atoms with van der Waals surface area (Å²) in [5, 5.41) is 3.94. The van der Waals surface area contributed by atoms with E-state index in [4.69, 9.17) is 23.2 Å². The Kier molecular flexibility index (Phi) is 7.55. The van der Waals surface area contributed by atoms with Gasteiger partial charge in [-0.25, -0.2) is 9.37 Å². The van der Waals surface area contributed by atoms with Crippen LogP contribution in [0.3, 0.4) is 0 Å². The van der Waals surface area contributed by atoms with E-state index in [1.165, 1.54) is 0 Å². The van der Waals surface area contributed by atoms with Gasteiger partial charge in [0, 0.05) is 58.2 Å². The van der Waals surface area contributed by atoms with Crippen LogP contribution in [0, 0.1) is 0 Å². The van der Waals surface area contributed by atoms with Crippen molar-refractivity contribution in [3.8, 4) is 0 Å². The molecule has 0 aliphatic carbocycles. The molecule has 1 amide bonds. The van der Waals surface area contributed by atoms with Gasteiger partial charge in [-0.15, -0.1) is 0 Å². The molecule has 162 valence electrons. The smallest absolute Gasteiger partial charge is 0.253 e. The van der Waals surface area contributed by atoms with Gasteiger partial charge < -0.3 is 15.1 Å². The van der Waals surface area contributed by atoms with Crippen LogP contribution in [-0.4, -0.2) is 54.7 Å². The lowest BCUT2D eigenvalue weighted by Gasteiger charge is -2.36. The Morgan fingerprint density at radius 3 is 2.63 bits per heavy atom.